The molecule has 0 aromatic carbocycles. The molecule has 4 heteroatoms. The first-order valence-electron chi connectivity index (χ1n) is 6.25. The molecule has 92 valence electrons. The Bertz CT molecular complexity index is 414. The third-order valence-electron chi connectivity index (χ3n) is 3.50. The van der Waals surface area contributed by atoms with Crippen molar-refractivity contribution in [2.45, 2.75) is 37.6 Å². The molecule has 0 aliphatic heterocycles. The van der Waals surface area contributed by atoms with Crippen LogP contribution in [0, 0.1) is 5.92 Å². The van der Waals surface area contributed by atoms with Gasteiger partial charge in [0.1, 0.15) is 5.82 Å². The van der Waals surface area contributed by atoms with Crippen molar-refractivity contribution in [2.75, 3.05) is 11.4 Å². The molecule has 0 atom stereocenters. The van der Waals surface area contributed by atoms with Gasteiger partial charge in [-0.05, 0) is 43.2 Å². The number of hydrogen-bond donors (Lipinski definition) is 0. The van der Waals surface area contributed by atoms with Gasteiger partial charge < -0.3 is 4.90 Å². The van der Waals surface area contributed by atoms with Crippen LogP contribution < -0.4 is 4.90 Å². The van der Waals surface area contributed by atoms with Crippen molar-refractivity contribution in [3.63, 3.8) is 0 Å². The van der Waals surface area contributed by atoms with Crippen molar-refractivity contribution >= 4 is 29.0 Å². The van der Waals surface area contributed by atoms with Gasteiger partial charge in [0, 0.05) is 24.7 Å². The number of nitrogens with zero attached hydrogens (tertiary/aromatic N) is 2. The molecule has 2 saturated carbocycles. The van der Waals surface area contributed by atoms with E-state index in [-0.39, 0.29) is 0 Å². The fraction of sp³-hybridized carbons (Fsp3) is 0.615. The molecule has 1 aromatic heterocycles. The third-order valence-corrected chi connectivity index (χ3v) is 4.13. The Kier molecular flexibility index (Phi) is 3.18. The van der Waals surface area contributed by atoms with Gasteiger partial charge in [0.15, 0.2) is 0 Å². The summed E-state index contributed by atoms with van der Waals surface area (Å²) in [5.41, 5.74) is 0.986. The summed E-state index contributed by atoms with van der Waals surface area (Å²) in [6, 6.07) is 2.75. The van der Waals surface area contributed by atoms with Gasteiger partial charge in [0.2, 0.25) is 0 Å². The Morgan fingerprint density at radius 2 is 2.06 bits per heavy atom. The Labute approximate surface area is 112 Å². The Balaban J connectivity index is 1.83. The second-order valence-corrected chi connectivity index (χ2v) is 5.77. The Morgan fingerprint density at radius 3 is 2.65 bits per heavy atom. The Morgan fingerprint density at radius 1 is 1.29 bits per heavy atom. The predicted octanol–water partition coefficient (Wildman–Crippen LogP) is 3.85. The van der Waals surface area contributed by atoms with Crippen LogP contribution in [-0.2, 0) is 5.88 Å². The lowest BCUT2D eigenvalue weighted by Crippen LogP contribution is -2.28. The van der Waals surface area contributed by atoms with Crippen LogP contribution in [0.2, 0.25) is 5.02 Å². The average molecular weight is 271 g/mol. The molecule has 2 nitrogen and oxygen atoms in total. The van der Waals surface area contributed by atoms with Crippen molar-refractivity contribution in [1.82, 2.24) is 4.98 Å². The van der Waals surface area contributed by atoms with Gasteiger partial charge in [0.05, 0.1) is 5.02 Å². The van der Waals surface area contributed by atoms with Crippen LogP contribution in [0.3, 0.4) is 0 Å². The predicted molar refractivity (Wildman–Crippen MR) is 71.9 cm³/mol. The maximum atomic E-state index is 6.05. The second kappa shape index (κ2) is 4.66. The van der Waals surface area contributed by atoms with Crippen LogP contribution in [-0.4, -0.2) is 17.6 Å². The molecular formula is C13H16Cl2N2. The molecule has 1 aromatic rings. The summed E-state index contributed by atoms with van der Waals surface area (Å²) in [7, 11) is 0. The first kappa shape index (κ1) is 11.6. The minimum Gasteiger partial charge on any atom is -0.353 e. The van der Waals surface area contributed by atoms with E-state index < -0.39 is 0 Å². The van der Waals surface area contributed by atoms with Crippen molar-refractivity contribution in [2.24, 2.45) is 5.92 Å². The van der Waals surface area contributed by atoms with Gasteiger partial charge in [-0.3, -0.25) is 0 Å². The maximum Gasteiger partial charge on any atom is 0.129 e. The molecule has 0 radical (unpaired) electrons. The van der Waals surface area contributed by atoms with Crippen LogP contribution in [0.15, 0.2) is 12.3 Å². The van der Waals surface area contributed by atoms with Gasteiger partial charge in [-0.2, -0.15) is 0 Å². The van der Waals surface area contributed by atoms with Crippen LogP contribution in [0.4, 0.5) is 5.82 Å². The van der Waals surface area contributed by atoms with E-state index in [1.165, 1.54) is 25.7 Å². The highest BCUT2D eigenvalue weighted by molar-refractivity contribution is 6.32. The normalized spacial score (nSPS) is 19.4. The standard InChI is InChI=1S/C13H16Cl2N2/c14-6-10-5-13(16-7-12(10)15)17(11-3-4-11)8-9-1-2-9/h5,7,9,11H,1-4,6,8H2. The van der Waals surface area contributed by atoms with Crippen molar-refractivity contribution in [3.05, 3.63) is 22.8 Å². The quantitative estimate of drug-likeness (QED) is 0.756. The van der Waals surface area contributed by atoms with Crippen molar-refractivity contribution in [1.29, 1.82) is 0 Å². The van der Waals surface area contributed by atoms with Gasteiger partial charge in [-0.15, -0.1) is 11.6 Å². The van der Waals surface area contributed by atoms with Crippen LogP contribution in [0.5, 0.6) is 0 Å². The van der Waals surface area contributed by atoms with Crippen LogP contribution in [0.1, 0.15) is 31.2 Å². The zero-order chi connectivity index (χ0) is 11.8. The number of anilines is 1. The van der Waals surface area contributed by atoms with Gasteiger partial charge in [-0.1, -0.05) is 11.6 Å². The van der Waals surface area contributed by atoms with Crippen LogP contribution >= 0.6 is 23.2 Å². The first-order valence-corrected chi connectivity index (χ1v) is 7.16. The van der Waals surface area contributed by atoms with E-state index >= 15 is 0 Å². The number of pyridine rings is 1. The van der Waals surface area contributed by atoms with Crippen LogP contribution in [0.25, 0.3) is 0 Å². The molecule has 0 spiro atoms. The highest BCUT2D eigenvalue weighted by Gasteiger charge is 2.34. The Hall–Kier alpha value is -0.470. The third kappa shape index (κ3) is 2.69. The van der Waals surface area contributed by atoms with Gasteiger partial charge in [0.25, 0.3) is 0 Å². The molecule has 1 heterocycles. The highest BCUT2D eigenvalue weighted by atomic mass is 35.5. The SMILES string of the molecule is ClCc1cc(N(CC2CC2)C2CC2)ncc1Cl. The molecule has 0 unspecified atom stereocenters. The number of aromatic nitrogens is 1. The summed E-state index contributed by atoms with van der Waals surface area (Å²) in [4.78, 5) is 6.91. The van der Waals surface area contributed by atoms with E-state index in [0.717, 1.165) is 23.8 Å². The summed E-state index contributed by atoms with van der Waals surface area (Å²) in [6.07, 6.45) is 7.08. The molecular weight excluding hydrogens is 255 g/mol. The monoisotopic (exact) mass is 270 g/mol. The minimum atomic E-state index is 0.455. The molecule has 3 rings (SSSR count). The molecule has 0 bridgehead atoms. The van der Waals surface area contributed by atoms with E-state index in [9.17, 15) is 0 Å². The lowest BCUT2D eigenvalue weighted by Gasteiger charge is -2.24. The molecule has 2 aliphatic carbocycles. The molecule has 17 heavy (non-hydrogen) atoms. The lowest BCUT2D eigenvalue weighted by atomic mass is 10.2. The van der Waals surface area contributed by atoms with Gasteiger partial charge in [-0.25, -0.2) is 4.98 Å². The molecule has 2 fully saturated rings. The van der Waals surface area contributed by atoms with E-state index in [2.05, 4.69) is 16.0 Å². The molecule has 0 amide bonds. The number of alkyl halides is 1. The maximum absolute atomic E-state index is 6.05. The minimum absolute atomic E-state index is 0.455. The fourth-order valence-electron chi connectivity index (χ4n) is 2.12. The summed E-state index contributed by atoms with van der Waals surface area (Å²) in [5.74, 6) is 2.39. The number of halogens is 2. The summed E-state index contributed by atoms with van der Waals surface area (Å²) >= 11 is 11.9. The van der Waals surface area contributed by atoms with Crippen molar-refractivity contribution in [3.8, 4) is 0 Å². The first-order chi connectivity index (χ1) is 8.28. The number of hydrogen-bond acceptors (Lipinski definition) is 2. The van der Waals surface area contributed by atoms with E-state index in [4.69, 9.17) is 23.2 Å². The smallest absolute Gasteiger partial charge is 0.129 e. The second-order valence-electron chi connectivity index (χ2n) is 5.09. The summed E-state index contributed by atoms with van der Waals surface area (Å²) < 4.78 is 0. The number of rotatable bonds is 5. The fourth-order valence-corrected chi connectivity index (χ4v) is 2.58. The molecule has 2 aliphatic rings. The van der Waals surface area contributed by atoms with E-state index in [1.807, 2.05) is 0 Å². The van der Waals surface area contributed by atoms with E-state index in [1.54, 1.807) is 6.20 Å². The van der Waals surface area contributed by atoms with Crippen molar-refractivity contribution < 1.29 is 0 Å². The summed E-state index contributed by atoms with van der Waals surface area (Å²) in [5, 5.41) is 0.672. The zero-order valence-electron chi connectivity index (χ0n) is 9.70. The summed E-state index contributed by atoms with van der Waals surface area (Å²) in [6.45, 7) is 1.15. The van der Waals surface area contributed by atoms with E-state index in [0.29, 0.717) is 16.9 Å². The topological polar surface area (TPSA) is 16.1 Å². The highest BCUT2D eigenvalue weighted by Crippen LogP contribution is 2.37. The van der Waals surface area contributed by atoms with Gasteiger partial charge >= 0.3 is 0 Å². The zero-order valence-corrected chi connectivity index (χ0v) is 11.2. The lowest BCUT2D eigenvalue weighted by molar-refractivity contribution is 0.708. The molecule has 0 N–H and O–H groups in total. The molecule has 0 saturated heterocycles. The average Bonchev–Trinajstić information content (AvgIpc) is 3.19. The largest absolute Gasteiger partial charge is 0.353 e.